The molecule has 4 N–H and O–H groups in total. The molecule has 0 saturated carbocycles. The lowest BCUT2D eigenvalue weighted by Crippen LogP contribution is -2.67. The summed E-state index contributed by atoms with van der Waals surface area (Å²) in [6.07, 6.45) is -0.394. The van der Waals surface area contributed by atoms with E-state index in [1.165, 1.54) is 0 Å². The van der Waals surface area contributed by atoms with E-state index >= 15 is 0 Å². The summed E-state index contributed by atoms with van der Waals surface area (Å²) in [7, 11) is 0. The molecule has 11 heavy (non-hydrogen) atoms. The average molecular weight is 160 g/mol. The van der Waals surface area contributed by atoms with Gasteiger partial charge in [-0.2, -0.15) is 0 Å². The fraction of sp³-hybridized carbons (Fsp3) is 1.00. The summed E-state index contributed by atoms with van der Waals surface area (Å²) in [6, 6.07) is 0. The van der Waals surface area contributed by atoms with Crippen LogP contribution in [0.15, 0.2) is 0 Å². The van der Waals surface area contributed by atoms with Gasteiger partial charge in [-0.15, -0.1) is 0 Å². The number of hydrogen-bond acceptors (Lipinski definition) is 4. The quantitative estimate of drug-likeness (QED) is 0.391. The lowest BCUT2D eigenvalue weighted by atomic mass is 10.1. The third-order valence-corrected chi connectivity index (χ3v) is 2.05. The highest BCUT2D eigenvalue weighted by atomic mass is 16.3. The molecule has 66 valence electrons. The van der Waals surface area contributed by atoms with Gasteiger partial charge in [0.15, 0.2) is 5.85 Å². The third-order valence-electron chi connectivity index (χ3n) is 2.05. The molecule has 0 aromatic rings. The predicted molar refractivity (Wildman–Crippen MR) is 41.8 cm³/mol. The van der Waals surface area contributed by atoms with E-state index < -0.39 is 12.0 Å². The maximum absolute atomic E-state index is 9.73. The van der Waals surface area contributed by atoms with Gasteiger partial charge < -0.3 is 10.2 Å². The van der Waals surface area contributed by atoms with Crippen LogP contribution in [0.25, 0.3) is 0 Å². The molecule has 1 heterocycles. The van der Waals surface area contributed by atoms with E-state index in [1.807, 2.05) is 13.8 Å². The Hall–Kier alpha value is -0.160. The van der Waals surface area contributed by atoms with Gasteiger partial charge in [-0.25, -0.2) is 0 Å². The molecule has 4 heteroatoms. The summed E-state index contributed by atoms with van der Waals surface area (Å²) in [5.74, 6) is -0.908. The summed E-state index contributed by atoms with van der Waals surface area (Å²) in [5, 5.41) is 24.5. The van der Waals surface area contributed by atoms with E-state index in [0.29, 0.717) is 13.1 Å². The Kier molecular flexibility index (Phi) is 2.49. The van der Waals surface area contributed by atoms with E-state index in [4.69, 9.17) is 5.11 Å². The highest BCUT2D eigenvalue weighted by molar-refractivity contribution is 4.84. The summed E-state index contributed by atoms with van der Waals surface area (Å²) in [4.78, 5) is 0. The van der Waals surface area contributed by atoms with Crippen molar-refractivity contribution in [1.82, 2.24) is 10.6 Å². The van der Waals surface area contributed by atoms with Gasteiger partial charge in [0.2, 0.25) is 0 Å². The Labute approximate surface area is 66.6 Å². The molecule has 0 spiro atoms. The average Bonchev–Trinajstić information content (AvgIpc) is 1.95. The van der Waals surface area contributed by atoms with Crippen LogP contribution >= 0.6 is 0 Å². The normalized spacial score (nSPS) is 39.5. The number of aliphatic hydroxyl groups excluding tert-OH is 1. The van der Waals surface area contributed by atoms with Gasteiger partial charge in [-0.1, -0.05) is 13.8 Å². The molecule has 0 bridgehead atoms. The van der Waals surface area contributed by atoms with Crippen molar-refractivity contribution in [2.24, 2.45) is 5.92 Å². The second-order valence-electron chi connectivity index (χ2n) is 3.34. The fourth-order valence-corrected chi connectivity index (χ4v) is 1.09. The van der Waals surface area contributed by atoms with Gasteiger partial charge in [0.25, 0.3) is 0 Å². The van der Waals surface area contributed by atoms with Crippen molar-refractivity contribution in [1.29, 1.82) is 0 Å². The third kappa shape index (κ3) is 1.90. The van der Waals surface area contributed by atoms with E-state index in [-0.39, 0.29) is 5.92 Å². The molecular weight excluding hydrogens is 144 g/mol. The van der Waals surface area contributed by atoms with Crippen LogP contribution < -0.4 is 10.6 Å². The SMILES string of the molecule is CC(C)C1(O)NCC(O)CN1. The van der Waals surface area contributed by atoms with Crippen LogP contribution in [0.3, 0.4) is 0 Å². The zero-order valence-electron chi connectivity index (χ0n) is 6.96. The van der Waals surface area contributed by atoms with E-state index in [9.17, 15) is 5.11 Å². The number of nitrogens with one attached hydrogen (secondary N) is 2. The van der Waals surface area contributed by atoms with Gasteiger partial charge >= 0.3 is 0 Å². The lowest BCUT2D eigenvalue weighted by molar-refractivity contribution is -0.0996. The summed E-state index contributed by atoms with van der Waals surface area (Å²) < 4.78 is 0. The van der Waals surface area contributed by atoms with Crippen LogP contribution in [0.4, 0.5) is 0 Å². The Morgan fingerprint density at radius 3 is 2.18 bits per heavy atom. The molecule has 0 unspecified atom stereocenters. The van der Waals surface area contributed by atoms with E-state index in [0.717, 1.165) is 0 Å². The fourth-order valence-electron chi connectivity index (χ4n) is 1.09. The largest absolute Gasteiger partial charge is 0.390 e. The molecule has 4 nitrogen and oxygen atoms in total. The first kappa shape index (κ1) is 8.93. The first-order valence-corrected chi connectivity index (χ1v) is 3.95. The van der Waals surface area contributed by atoms with Gasteiger partial charge in [0.05, 0.1) is 6.10 Å². The molecule has 0 aliphatic carbocycles. The van der Waals surface area contributed by atoms with Crippen molar-refractivity contribution in [2.75, 3.05) is 13.1 Å². The van der Waals surface area contributed by atoms with Crippen LogP contribution in [-0.2, 0) is 0 Å². The minimum Gasteiger partial charge on any atom is -0.390 e. The van der Waals surface area contributed by atoms with Crippen LogP contribution in [0.5, 0.6) is 0 Å². The van der Waals surface area contributed by atoms with Gasteiger partial charge in [0, 0.05) is 19.0 Å². The molecule has 1 aliphatic heterocycles. The molecule has 0 radical (unpaired) electrons. The molecule has 1 saturated heterocycles. The number of β-amino-alcohol motifs (C(OH)–C–C–N with tert-alkyl or cyclic N) is 1. The van der Waals surface area contributed by atoms with Crippen LogP contribution in [-0.4, -0.2) is 35.3 Å². The molecule has 1 rings (SSSR count). The summed E-state index contributed by atoms with van der Waals surface area (Å²) in [5.41, 5.74) is 0. The molecule has 0 amide bonds. The Morgan fingerprint density at radius 1 is 1.36 bits per heavy atom. The monoisotopic (exact) mass is 160 g/mol. The number of rotatable bonds is 1. The molecule has 0 aromatic heterocycles. The van der Waals surface area contributed by atoms with Gasteiger partial charge in [-0.3, -0.25) is 10.6 Å². The molecule has 1 aliphatic rings. The smallest absolute Gasteiger partial charge is 0.174 e. The van der Waals surface area contributed by atoms with Crippen molar-refractivity contribution >= 4 is 0 Å². The highest BCUT2D eigenvalue weighted by Crippen LogP contribution is 2.12. The van der Waals surface area contributed by atoms with Crippen molar-refractivity contribution in [2.45, 2.75) is 25.8 Å². The van der Waals surface area contributed by atoms with Crippen LogP contribution in [0.2, 0.25) is 0 Å². The summed E-state index contributed by atoms with van der Waals surface area (Å²) >= 11 is 0. The summed E-state index contributed by atoms with van der Waals surface area (Å²) in [6.45, 7) is 4.72. The highest BCUT2D eigenvalue weighted by Gasteiger charge is 2.34. The predicted octanol–water partition coefficient (Wildman–Crippen LogP) is -1.16. The van der Waals surface area contributed by atoms with Crippen molar-refractivity contribution in [3.63, 3.8) is 0 Å². The number of aliphatic hydroxyl groups is 2. The van der Waals surface area contributed by atoms with Crippen molar-refractivity contribution in [3.8, 4) is 0 Å². The van der Waals surface area contributed by atoms with Gasteiger partial charge in [-0.05, 0) is 0 Å². The second-order valence-corrected chi connectivity index (χ2v) is 3.34. The van der Waals surface area contributed by atoms with Crippen LogP contribution in [0, 0.1) is 5.92 Å². The Bertz CT molecular complexity index is 130. The molecule has 0 aromatic carbocycles. The standard InChI is InChI=1S/C7H16N2O2/c1-5(2)7(11)8-3-6(10)4-9-7/h5-6,8-11H,3-4H2,1-2H3. The first-order valence-electron chi connectivity index (χ1n) is 3.95. The first-order chi connectivity index (χ1) is 5.04. The van der Waals surface area contributed by atoms with E-state index in [1.54, 1.807) is 0 Å². The van der Waals surface area contributed by atoms with Crippen molar-refractivity contribution in [3.05, 3.63) is 0 Å². The topological polar surface area (TPSA) is 64.5 Å². The van der Waals surface area contributed by atoms with Crippen LogP contribution in [0.1, 0.15) is 13.8 Å². The maximum Gasteiger partial charge on any atom is 0.174 e. The van der Waals surface area contributed by atoms with Gasteiger partial charge in [0.1, 0.15) is 0 Å². The Balaban J connectivity index is 2.48. The maximum atomic E-state index is 9.73. The number of hydrogen-bond donors (Lipinski definition) is 4. The minimum absolute atomic E-state index is 0.0926. The lowest BCUT2D eigenvalue weighted by Gasteiger charge is -2.39. The molecule has 0 atom stereocenters. The second kappa shape index (κ2) is 3.06. The Morgan fingerprint density at radius 2 is 1.82 bits per heavy atom. The minimum atomic E-state index is -1.00. The van der Waals surface area contributed by atoms with Crippen molar-refractivity contribution < 1.29 is 10.2 Å². The van der Waals surface area contributed by atoms with E-state index in [2.05, 4.69) is 10.6 Å². The zero-order valence-corrected chi connectivity index (χ0v) is 6.96. The molecular formula is C7H16N2O2. The zero-order chi connectivity index (χ0) is 8.48. The molecule has 1 fully saturated rings.